The molecule has 2 aromatic rings. The molecule has 0 aliphatic carbocycles. The van der Waals surface area contributed by atoms with Crippen LogP contribution in [0.15, 0.2) is 43.0 Å². The van der Waals surface area contributed by atoms with E-state index in [1.807, 2.05) is 0 Å². The number of hydroxylamine groups is 2. The Hall–Kier alpha value is -2.80. The van der Waals surface area contributed by atoms with Crippen LogP contribution in [0.3, 0.4) is 0 Å². The third-order valence-corrected chi connectivity index (χ3v) is 6.59. The molecule has 1 fully saturated rings. The molecule has 1 heterocycles. The van der Waals surface area contributed by atoms with Gasteiger partial charge in [0.15, 0.2) is 0 Å². The van der Waals surface area contributed by atoms with E-state index in [0.29, 0.717) is 6.08 Å². The maximum atomic E-state index is 15.1. The summed E-state index contributed by atoms with van der Waals surface area (Å²) in [6, 6.07) is 3.48. The molecule has 2 atom stereocenters. The molecular weight excluding hydrogens is 604 g/mol. The number of nitrogens with one attached hydrogen (secondary N) is 1. The number of allylic oxidation sites excluding steroid dienone is 1. The average molecular weight is 620 g/mol. The van der Waals surface area contributed by atoms with E-state index in [-0.39, 0.29) is 36.8 Å². The monoisotopic (exact) mass is 618 g/mol. The second-order valence-corrected chi connectivity index (χ2v) is 9.34. The molecular formula is C24H16Cl3F7N2O3. The first-order chi connectivity index (χ1) is 18.0. The topological polar surface area (TPSA) is 58.6 Å². The third kappa shape index (κ3) is 7.44. The first kappa shape index (κ1) is 30.7. The minimum absolute atomic E-state index is 0.0341. The third-order valence-electron chi connectivity index (χ3n) is 5.39. The van der Waals surface area contributed by atoms with E-state index in [2.05, 4.69) is 16.7 Å². The lowest BCUT2D eigenvalue weighted by molar-refractivity contribution is -0.214. The first-order valence-corrected chi connectivity index (χ1v) is 11.8. The van der Waals surface area contributed by atoms with Crippen LogP contribution in [0.25, 0.3) is 11.9 Å². The van der Waals surface area contributed by atoms with Gasteiger partial charge in [0.25, 0.3) is 11.8 Å². The van der Waals surface area contributed by atoms with Crippen molar-refractivity contribution >= 4 is 58.5 Å². The van der Waals surface area contributed by atoms with E-state index < -0.39 is 60.7 Å². The Kier molecular flexibility index (Phi) is 9.26. The molecule has 1 aliphatic rings. The molecule has 0 saturated carbocycles. The van der Waals surface area contributed by atoms with Crippen LogP contribution in [0, 0.1) is 0 Å². The molecule has 1 N–H and O–H groups in total. The van der Waals surface area contributed by atoms with Crippen LogP contribution in [0.5, 0.6) is 0 Å². The van der Waals surface area contributed by atoms with Crippen LogP contribution in [0.2, 0.25) is 15.1 Å². The zero-order valence-corrected chi connectivity index (χ0v) is 21.5. The fraction of sp³-hybridized carbons (Fsp3) is 0.250. The van der Waals surface area contributed by atoms with Crippen molar-refractivity contribution in [3.63, 3.8) is 0 Å². The Balaban J connectivity index is 1.86. The van der Waals surface area contributed by atoms with E-state index >= 15 is 4.39 Å². The summed E-state index contributed by atoms with van der Waals surface area (Å²) in [6.07, 6.45) is -8.28. The molecule has 0 aromatic heterocycles. The second kappa shape index (κ2) is 11.7. The van der Waals surface area contributed by atoms with Crippen molar-refractivity contribution in [1.29, 1.82) is 0 Å². The van der Waals surface area contributed by atoms with Crippen LogP contribution in [0.4, 0.5) is 30.7 Å². The molecule has 1 aliphatic heterocycles. The molecule has 2 unspecified atom stereocenters. The molecule has 39 heavy (non-hydrogen) atoms. The van der Waals surface area contributed by atoms with Gasteiger partial charge in [0.2, 0.25) is 0 Å². The van der Waals surface area contributed by atoms with Gasteiger partial charge in [-0.2, -0.15) is 26.3 Å². The predicted octanol–water partition coefficient (Wildman–Crippen LogP) is 7.38. The van der Waals surface area contributed by atoms with Gasteiger partial charge in [0.05, 0.1) is 15.1 Å². The summed E-state index contributed by atoms with van der Waals surface area (Å²) in [5.74, 6) is -5.84. The van der Waals surface area contributed by atoms with Crippen molar-refractivity contribution in [2.75, 3.05) is 13.2 Å². The number of carbonyl (C=O) groups is 2. The van der Waals surface area contributed by atoms with E-state index in [1.54, 1.807) is 0 Å². The Bertz CT molecular complexity index is 1310. The normalized spacial score (nSPS) is 17.4. The van der Waals surface area contributed by atoms with Crippen LogP contribution < -0.4 is 5.32 Å². The lowest BCUT2D eigenvalue weighted by atomic mass is 9.95. The van der Waals surface area contributed by atoms with Crippen LogP contribution in [0.1, 0.15) is 33.0 Å². The van der Waals surface area contributed by atoms with Crippen LogP contribution >= 0.6 is 34.8 Å². The largest absolute Gasteiger partial charge is 0.408 e. The van der Waals surface area contributed by atoms with Gasteiger partial charge in [-0.1, -0.05) is 53.5 Å². The highest BCUT2D eigenvalue weighted by Crippen LogP contribution is 2.42. The fourth-order valence-electron chi connectivity index (χ4n) is 3.56. The molecule has 3 rings (SSSR count). The van der Waals surface area contributed by atoms with E-state index in [9.17, 15) is 35.9 Å². The smallest absolute Gasteiger partial charge is 0.338 e. The van der Waals surface area contributed by atoms with E-state index in [4.69, 9.17) is 34.8 Å². The van der Waals surface area contributed by atoms with Gasteiger partial charge in [-0.25, -0.2) is 9.45 Å². The van der Waals surface area contributed by atoms with Gasteiger partial charge in [-0.3, -0.25) is 14.4 Å². The van der Waals surface area contributed by atoms with Crippen LogP contribution in [-0.2, 0) is 9.63 Å². The van der Waals surface area contributed by atoms with Gasteiger partial charge in [0.1, 0.15) is 30.9 Å². The summed E-state index contributed by atoms with van der Waals surface area (Å²) in [5.41, 5.74) is -1.03. The first-order valence-electron chi connectivity index (χ1n) is 10.7. The van der Waals surface area contributed by atoms with Gasteiger partial charge < -0.3 is 5.32 Å². The molecule has 5 nitrogen and oxygen atoms in total. The van der Waals surface area contributed by atoms with Crippen LogP contribution in [-0.4, -0.2) is 48.4 Å². The zero-order valence-electron chi connectivity index (χ0n) is 19.3. The lowest BCUT2D eigenvalue weighted by Gasteiger charge is -2.19. The van der Waals surface area contributed by atoms with Crippen molar-refractivity contribution in [3.05, 3.63) is 80.3 Å². The van der Waals surface area contributed by atoms with Crippen molar-refractivity contribution in [3.8, 4) is 0 Å². The Morgan fingerprint density at radius 3 is 2.28 bits per heavy atom. The number of hydrogen-bond acceptors (Lipinski definition) is 3. The van der Waals surface area contributed by atoms with E-state index in [0.717, 1.165) is 36.4 Å². The summed E-state index contributed by atoms with van der Waals surface area (Å²) in [4.78, 5) is 29.5. The second-order valence-electron chi connectivity index (χ2n) is 8.15. The highest BCUT2D eigenvalue weighted by atomic mass is 35.5. The quantitative estimate of drug-likeness (QED) is 0.260. The van der Waals surface area contributed by atoms with Crippen molar-refractivity contribution in [2.45, 2.75) is 24.3 Å². The average Bonchev–Trinajstić information content (AvgIpc) is 3.16. The molecule has 2 aromatic carbocycles. The highest BCUT2D eigenvalue weighted by Gasteiger charge is 2.42. The van der Waals surface area contributed by atoms with Gasteiger partial charge in [-0.15, -0.1) is 0 Å². The maximum Gasteiger partial charge on any atom is 0.408 e. The molecule has 2 amide bonds. The number of nitrogens with zero attached hydrogens (tertiary/aromatic N) is 1. The molecule has 1 saturated heterocycles. The maximum absolute atomic E-state index is 15.1. The van der Waals surface area contributed by atoms with Crippen molar-refractivity contribution in [1.82, 2.24) is 10.4 Å². The number of halogens is 10. The number of hydrogen-bond donors (Lipinski definition) is 1. The summed E-state index contributed by atoms with van der Waals surface area (Å²) in [5, 5.41) is 1.58. The SMILES string of the molecule is C=Cc1cc(/C(F)=C/C(c2cc(Cl)c(Cl)c(Cl)c2)C(F)(F)F)ccc1C(=O)NC1CON(CC(F)(F)F)C1=O. The lowest BCUT2D eigenvalue weighted by Crippen LogP contribution is -2.44. The minimum atomic E-state index is -4.95. The summed E-state index contributed by atoms with van der Waals surface area (Å²) in [7, 11) is 0. The Labute approximate surface area is 231 Å². The predicted molar refractivity (Wildman–Crippen MR) is 131 cm³/mol. The number of benzene rings is 2. The van der Waals surface area contributed by atoms with Gasteiger partial charge >= 0.3 is 12.4 Å². The molecule has 0 bridgehead atoms. The van der Waals surface area contributed by atoms with E-state index in [1.165, 1.54) is 0 Å². The molecule has 0 spiro atoms. The Morgan fingerprint density at radius 2 is 1.74 bits per heavy atom. The molecule has 0 radical (unpaired) electrons. The standard InChI is InChI=1S/C24H16Cl3F7N2O3/c1-2-11-5-12(18(28)8-15(24(32,33)34)13-6-16(25)20(27)17(26)7-13)3-4-14(11)21(37)35-19-9-39-36(22(19)38)10-23(29,30)31/h2-8,15,19H,1,9-10H2,(H,35,37)/b18-8-. The highest BCUT2D eigenvalue weighted by molar-refractivity contribution is 6.48. The molecule has 210 valence electrons. The Morgan fingerprint density at radius 1 is 1.13 bits per heavy atom. The number of amides is 2. The number of alkyl halides is 6. The fourth-order valence-corrected chi connectivity index (χ4v) is 4.18. The summed E-state index contributed by atoms with van der Waals surface area (Å²) < 4.78 is 94.1. The minimum Gasteiger partial charge on any atom is -0.338 e. The van der Waals surface area contributed by atoms with Crippen molar-refractivity contribution < 1.29 is 45.2 Å². The number of rotatable bonds is 7. The zero-order chi connectivity index (χ0) is 29.3. The molecule has 15 heteroatoms. The number of carbonyl (C=O) groups excluding carboxylic acids is 2. The van der Waals surface area contributed by atoms with Gasteiger partial charge in [-0.05, 0) is 41.5 Å². The van der Waals surface area contributed by atoms with Crippen molar-refractivity contribution in [2.24, 2.45) is 0 Å². The summed E-state index contributed by atoms with van der Waals surface area (Å²) in [6.45, 7) is 1.25. The summed E-state index contributed by atoms with van der Waals surface area (Å²) >= 11 is 17.4. The van der Waals surface area contributed by atoms with Gasteiger partial charge in [0, 0.05) is 11.1 Å².